The first-order chi connectivity index (χ1) is 10.7. The Morgan fingerprint density at radius 3 is 2.04 bits per heavy atom. The molecule has 2 N–H and O–H groups in total. The first kappa shape index (κ1) is 17.7. The average molecular weight is 323 g/mol. The molecule has 0 aliphatic heterocycles. The molecule has 11 nitrogen and oxygen atoms in total. The molecule has 0 aromatic heterocycles. The van der Waals surface area contributed by atoms with Crippen LogP contribution in [0.25, 0.3) is 0 Å². The minimum absolute atomic E-state index is 0.102. The van der Waals surface area contributed by atoms with Crippen LogP contribution in [-0.2, 0) is 4.79 Å². The molecular formula is C12H13N5O6. The third-order valence-corrected chi connectivity index (χ3v) is 2.53. The summed E-state index contributed by atoms with van der Waals surface area (Å²) >= 11 is 0. The molecule has 1 aromatic rings. The molecule has 0 atom stereocenters. The summed E-state index contributed by atoms with van der Waals surface area (Å²) in [6.07, 6.45) is 0. The Labute approximate surface area is 129 Å². The van der Waals surface area contributed by atoms with E-state index in [1.807, 2.05) is 0 Å². The fourth-order valence-electron chi connectivity index (χ4n) is 1.44. The molecule has 0 saturated carbocycles. The van der Waals surface area contributed by atoms with Gasteiger partial charge < -0.3 is 5.32 Å². The van der Waals surface area contributed by atoms with Gasteiger partial charge in [-0.2, -0.15) is 5.10 Å². The summed E-state index contributed by atoms with van der Waals surface area (Å²) in [4.78, 5) is 42.4. The molecule has 0 aliphatic carbocycles. The summed E-state index contributed by atoms with van der Waals surface area (Å²) in [5, 5.41) is 27.6. The first-order valence-electron chi connectivity index (χ1n) is 6.22. The van der Waals surface area contributed by atoms with Crippen LogP contribution in [0.4, 0.5) is 11.4 Å². The van der Waals surface area contributed by atoms with Crippen molar-refractivity contribution in [1.82, 2.24) is 10.7 Å². The van der Waals surface area contributed by atoms with Crippen molar-refractivity contribution >= 4 is 28.9 Å². The fraction of sp³-hybridized carbons (Fsp3) is 0.250. The third kappa shape index (κ3) is 5.49. The SMILES string of the molecule is CC(=O)NCC(C)=NNC(=O)c1cc([N+](=O)[O-])cc([N+](=O)[O-])c1. The number of hydrazone groups is 1. The maximum atomic E-state index is 11.9. The highest BCUT2D eigenvalue weighted by Crippen LogP contribution is 2.22. The second-order valence-electron chi connectivity index (χ2n) is 4.45. The Balaban J connectivity index is 2.95. The van der Waals surface area contributed by atoms with E-state index in [2.05, 4.69) is 15.8 Å². The van der Waals surface area contributed by atoms with Crippen molar-refractivity contribution < 1.29 is 19.4 Å². The van der Waals surface area contributed by atoms with Crippen LogP contribution in [-0.4, -0.2) is 33.9 Å². The number of nitrogens with one attached hydrogen (secondary N) is 2. The van der Waals surface area contributed by atoms with Crippen molar-refractivity contribution in [2.75, 3.05) is 6.54 Å². The van der Waals surface area contributed by atoms with Crippen molar-refractivity contribution in [3.8, 4) is 0 Å². The molecule has 0 radical (unpaired) electrons. The molecule has 0 fully saturated rings. The van der Waals surface area contributed by atoms with Gasteiger partial charge in [0.1, 0.15) is 0 Å². The first-order valence-corrected chi connectivity index (χ1v) is 6.22. The van der Waals surface area contributed by atoms with Crippen molar-refractivity contribution in [2.45, 2.75) is 13.8 Å². The van der Waals surface area contributed by atoms with Gasteiger partial charge in [-0.25, -0.2) is 5.43 Å². The van der Waals surface area contributed by atoms with Gasteiger partial charge in [-0.3, -0.25) is 29.8 Å². The Hall–Kier alpha value is -3.37. The lowest BCUT2D eigenvalue weighted by Crippen LogP contribution is -2.28. The van der Waals surface area contributed by atoms with Gasteiger partial charge in [-0.05, 0) is 6.92 Å². The molecule has 0 heterocycles. The lowest BCUT2D eigenvalue weighted by Gasteiger charge is -2.04. The van der Waals surface area contributed by atoms with E-state index in [-0.39, 0.29) is 18.0 Å². The van der Waals surface area contributed by atoms with Crippen LogP contribution in [0.3, 0.4) is 0 Å². The highest BCUT2D eigenvalue weighted by molar-refractivity contribution is 5.97. The number of hydrogen-bond acceptors (Lipinski definition) is 7. The van der Waals surface area contributed by atoms with Gasteiger partial charge in [0.05, 0.1) is 33.7 Å². The van der Waals surface area contributed by atoms with Crippen molar-refractivity contribution in [3.63, 3.8) is 0 Å². The molecular weight excluding hydrogens is 310 g/mol. The van der Waals surface area contributed by atoms with E-state index in [1.54, 1.807) is 0 Å². The Bertz CT molecular complexity index is 667. The van der Waals surface area contributed by atoms with Crippen molar-refractivity contribution in [2.24, 2.45) is 5.10 Å². The number of amides is 2. The van der Waals surface area contributed by atoms with Gasteiger partial charge in [0.2, 0.25) is 5.91 Å². The van der Waals surface area contributed by atoms with Crippen LogP contribution >= 0.6 is 0 Å². The van der Waals surface area contributed by atoms with E-state index in [0.29, 0.717) is 5.71 Å². The van der Waals surface area contributed by atoms with Gasteiger partial charge in [0.25, 0.3) is 17.3 Å². The highest BCUT2D eigenvalue weighted by Gasteiger charge is 2.19. The van der Waals surface area contributed by atoms with Crippen LogP contribution < -0.4 is 10.7 Å². The summed E-state index contributed by atoms with van der Waals surface area (Å²) in [6, 6.07) is 2.56. The minimum atomic E-state index is -0.848. The highest BCUT2D eigenvalue weighted by atomic mass is 16.6. The molecule has 0 bridgehead atoms. The molecule has 0 aliphatic rings. The predicted octanol–water partition coefficient (Wildman–Crippen LogP) is 0.745. The normalized spacial score (nSPS) is 10.8. The van der Waals surface area contributed by atoms with Crippen molar-refractivity contribution in [3.05, 3.63) is 44.0 Å². The number of non-ortho nitro benzene ring substituents is 2. The number of nitro groups is 2. The van der Waals surface area contributed by atoms with Gasteiger partial charge in [0, 0.05) is 19.1 Å². The van der Waals surface area contributed by atoms with E-state index < -0.39 is 27.1 Å². The summed E-state index contributed by atoms with van der Waals surface area (Å²) < 4.78 is 0. The standard InChI is InChI=1S/C12H13N5O6/c1-7(6-13-8(2)18)14-15-12(19)9-3-10(16(20)21)5-11(4-9)17(22)23/h3-5H,6H2,1-2H3,(H,13,18)(H,15,19). The van der Waals surface area contributed by atoms with E-state index in [4.69, 9.17) is 0 Å². The number of carbonyl (C=O) groups excluding carboxylic acids is 2. The number of hydrogen-bond donors (Lipinski definition) is 2. The topological polar surface area (TPSA) is 157 Å². The fourth-order valence-corrected chi connectivity index (χ4v) is 1.44. The summed E-state index contributed by atoms with van der Waals surface area (Å²) in [7, 11) is 0. The lowest BCUT2D eigenvalue weighted by molar-refractivity contribution is -0.394. The van der Waals surface area contributed by atoms with Crippen LogP contribution in [0.5, 0.6) is 0 Å². The summed E-state index contributed by atoms with van der Waals surface area (Å²) in [6.45, 7) is 2.95. The molecule has 1 rings (SSSR count). The second kappa shape index (κ2) is 7.59. The smallest absolute Gasteiger partial charge is 0.277 e. The molecule has 23 heavy (non-hydrogen) atoms. The summed E-state index contributed by atoms with van der Waals surface area (Å²) in [5.74, 6) is -1.13. The Morgan fingerprint density at radius 1 is 1.09 bits per heavy atom. The van der Waals surface area contributed by atoms with E-state index in [1.165, 1.54) is 13.8 Å². The van der Waals surface area contributed by atoms with Crippen LogP contribution in [0, 0.1) is 20.2 Å². The molecule has 2 amide bonds. The number of rotatable bonds is 6. The van der Waals surface area contributed by atoms with Gasteiger partial charge in [-0.15, -0.1) is 0 Å². The molecule has 0 unspecified atom stereocenters. The Kier molecular flexibility index (Phi) is 5.83. The quantitative estimate of drug-likeness (QED) is 0.446. The number of nitrogens with zero attached hydrogens (tertiary/aromatic N) is 3. The largest absolute Gasteiger partial charge is 0.351 e. The van der Waals surface area contributed by atoms with E-state index in [0.717, 1.165) is 18.2 Å². The molecule has 122 valence electrons. The minimum Gasteiger partial charge on any atom is -0.351 e. The lowest BCUT2D eigenvalue weighted by atomic mass is 10.1. The molecule has 11 heteroatoms. The Morgan fingerprint density at radius 2 is 1.61 bits per heavy atom. The van der Waals surface area contributed by atoms with Crippen molar-refractivity contribution in [1.29, 1.82) is 0 Å². The average Bonchev–Trinajstić information content (AvgIpc) is 2.49. The maximum Gasteiger partial charge on any atom is 0.277 e. The van der Waals surface area contributed by atoms with Gasteiger partial charge in [0.15, 0.2) is 0 Å². The zero-order valence-electron chi connectivity index (χ0n) is 12.2. The van der Waals surface area contributed by atoms with Gasteiger partial charge in [-0.1, -0.05) is 0 Å². The zero-order chi connectivity index (χ0) is 17.6. The summed E-state index contributed by atoms with van der Waals surface area (Å²) in [5.41, 5.74) is 1.04. The predicted molar refractivity (Wildman–Crippen MR) is 79.0 cm³/mol. The monoisotopic (exact) mass is 323 g/mol. The van der Waals surface area contributed by atoms with Crippen LogP contribution in [0.1, 0.15) is 24.2 Å². The third-order valence-electron chi connectivity index (χ3n) is 2.53. The van der Waals surface area contributed by atoms with E-state index in [9.17, 15) is 29.8 Å². The molecule has 0 saturated heterocycles. The maximum absolute atomic E-state index is 11.9. The van der Waals surface area contributed by atoms with E-state index >= 15 is 0 Å². The molecule has 1 aromatic carbocycles. The molecule has 0 spiro atoms. The zero-order valence-corrected chi connectivity index (χ0v) is 12.2. The number of nitro benzene ring substituents is 2. The second-order valence-corrected chi connectivity index (χ2v) is 4.45. The number of carbonyl (C=O) groups is 2. The number of benzene rings is 1. The van der Waals surface area contributed by atoms with Crippen LogP contribution in [0.15, 0.2) is 23.3 Å². The van der Waals surface area contributed by atoms with Gasteiger partial charge >= 0.3 is 0 Å². The van der Waals surface area contributed by atoms with Crippen LogP contribution in [0.2, 0.25) is 0 Å².